The largest absolute Gasteiger partial charge is 0.297 e. The maximum atomic E-state index is 12.5. The van der Waals surface area contributed by atoms with E-state index in [0.717, 1.165) is 36.0 Å². The quantitative estimate of drug-likeness (QED) is 0.532. The van der Waals surface area contributed by atoms with Crippen molar-refractivity contribution in [2.24, 2.45) is 0 Å². The fourth-order valence-electron chi connectivity index (χ4n) is 2.74. The average molecular weight is 302 g/mol. The van der Waals surface area contributed by atoms with Crippen LogP contribution in [0.4, 0.5) is 0 Å². The SMILES string of the molecule is CCCCOS(=O)(=O)c1cccc2c1-c1ccccc1C2. The monoisotopic (exact) mass is 302 g/mol. The van der Waals surface area contributed by atoms with Crippen molar-refractivity contribution in [3.8, 4) is 11.1 Å². The zero-order chi connectivity index (χ0) is 14.9. The van der Waals surface area contributed by atoms with Crippen molar-refractivity contribution < 1.29 is 12.6 Å². The lowest BCUT2D eigenvalue weighted by Gasteiger charge is -2.10. The second kappa shape index (κ2) is 5.62. The van der Waals surface area contributed by atoms with Crippen LogP contribution in [0, 0.1) is 0 Å². The normalized spacial score (nSPS) is 13.0. The van der Waals surface area contributed by atoms with E-state index in [9.17, 15) is 8.42 Å². The van der Waals surface area contributed by atoms with Gasteiger partial charge in [0.05, 0.1) is 6.61 Å². The molecular weight excluding hydrogens is 284 g/mol. The Balaban J connectivity index is 2.06. The second-order valence-electron chi connectivity index (χ2n) is 5.25. The third-order valence-electron chi connectivity index (χ3n) is 3.79. The molecule has 0 radical (unpaired) electrons. The van der Waals surface area contributed by atoms with Gasteiger partial charge in [0.25, 0.3) is 10.1 Å². The van der Waals surface area contributed by atoms with E-state index < -0.39 is 10.1 Å². The van der Waals surface area contributed by atoms with Crippen molar-refractivity contribution in [3.63, 3.8) is 0 Å². The van der Waals surface area contributed by atoms with Crippen molar-refractivity contribution >= 4 is 10.1 Å². The molecule has 0 amide bonds. The number of fused-ring (bicyclic) bond motifs is 3. The molecule has 3 rings (SSSR count). The molecule has 0 saturated heterocycles. The predicted molar refractivity (Wildman–Crippen MR) is 82.7 cm³/mol. The number of benzene rings is 2. The Morgan fingerprint density at radius 1 is 1.05 bits per heavy atom. The summed E-state index contributed by atoms with van der Waals surface area (Å²) in [7, 11) is -3.70. The molecule has 2 aromatic carbocycles. The summed E-state index contributed by atoms with van der Waals surface area (Å²) in [5.41, 5.74) is 4.04. The first-order valence-corrected chi connectivity index (χ1v) is 8.64. The molecule has 0 fully saturated rings. The maximum absolute atomic E-state index is 12.5. The molecule has 2 aromatic rings. The molecule has 1 aliphatic carbocycles. The molecule has 0 saturated carbocycles. The first-order valence-electron chi connectivity index (χ1n) is 7.23. The highest BCUT2D eigenvalue weighted by molar-refractivity contribution is 7.87. The van der Waals surface area contributed by atoms with Crippen molar-refractivity contribution in [2.75, 3.05) is 6.61 Å². The first kappa shape index (κ1) is 14.3. The van der Waals surface area contributed by atoms with E-state index in [1.54, 1.807) is 12.1 Å². The Morgan fingerprint density at radius 3 is 2.62 bits per heavy atom. The summed E-state index contributed by atoms with van der Waals surface area (Å²) in [6.07, 6.45) is 2.43. The Hall–Kier alpha value is -1.65. The van der Waals surface area contributed by atoms with Crippen LogP contribution >= 0.6 is 0 Å². The van der Waals surface area contributed by atoms with Crippen LogP contribution in [-0.4, -0.2) is 15.0 Å². The molecular formula is C17H18O3S. The van der Waals surface area contributed by atoms with Crippen LogP contribution in [0.15, 0.2) is 47.4 Å². The number of rotatable bonds is 5. The van der Waals surface area contributed by atoms with Crippen molar-refractivity contribution in [3.05, 3.63) is 53.6 Å². The van der Waals surface area contributed by atoms with Gasteiger partial charge in [-0.1, -0.05) is 49.7 Å². The minimum Gasteiger partial charge on any atom is -0.266 e. The Morgan fingerprint density at radius 2 is 1.81 bits per heavy atom. The molecule has 0 atom stereocenters. The van der Waals surface area contributed by atoms with Crippen molar-refractivity contribution in [1.82, 2.24) is 0 Å². The van der Waals surface area contributed by atoms with E-state index >= 15 is 0 Å². The highest BCUT2D eigenvalue weighted by Gasteiger charge is 2.27. The van der Waals surface area contributed by atoms with Gasteiger partial charge in [-0.25, -0.2) is 0 Å². The summed E-state index contributed by atoms with van der Waals surface area (Å²) >= 11 is 0. The molecule has 0 unspecified atom stereocenters. The van der Waals surface area contributed by atoms with Gasteiger partial charge in [-0.15, -0.1) is 0 Å². The van der Waals surface area contributed by atoms with E-state index in [1.807, 2.05) is 37.3 Å². The molecule has 3 nitrogen and oxygen atoms in total. The van der Waals surface area contributed by atoms with Crippen LogP contribution in [-0.2, 0) is 20.7 Å². The number of hydrogen-bond acceptors (Lipinski definition) is 3. The molecule has 21 heavy (non-hydrogen) atoms. The average Bonchev–Trinajstić information content (AvgIpc) is 2.85. The third-order valence-corrected chi connectivity index (χ3v) is 5.14. The highest BCUT2D eigenvalue weighted by Crippen LogP contribution is 2.40. The van der Waals surface area contributed by atoms with Gasteiger partial charge >= 0.3 is 0 Å². The lowest BCUT2D eigenvalue weighted by atomic mass is 10.1. The van der Waals surface area contributed by atoms with Gasteiger partial charge in [0.15, 0.2) is 0 Å². The first-order chi connectivity index (χ1) is 10.1. The molecule has 1 aliphatic rings. The topological polar surface area (TPSA) is 43.4 Å². The fourth-order valence-corrected chi connectivity index (χ4v) is 3.94. The number of hydrogen-bond donors (Lipinski definition) is 0. The Labute approximate surface area is 125 Å². The maximum Gasteiger partial charge on any atom is 0.297 e. The molecule has 0 heterocycles. The lowest BCUT2D eigenvalue weighted by molar-refractivity contribution is 0.311. The molecule has 110 valence electrons. The summed E-state index contributed by atoms with van der Waals surface area (Å²) < 4.78 is 30.1. The van der Waals surface area contributed by atoms with Gasteiger partial charge in [-0.05, 0) is 35.6 Å². The Bertz CT molecular complexity index is 763. The molecule has 0 aliphatic heterocycles. The van der Waals surface area contributed by atoms with Crippen LogP contribution in [0.2, 0.25) is 0 Å². The number of unbranched alkanes of at least 4 members (excludes halogenated alkanes) is 1. The van der Waals surface area contributed by atoms with Gasteiger partial charge in [-0.2, -0.15) is 8.42 Å². The van der Waals surface area contributed by atoms with Gasteiger partial charge in [-0.3, -0.25) is 4.18 Å². The van der Waals surface area contributed by atoms with Crippen LogP contribution in [0.5, 0.6) is 0 Å². The minimum atomic E-state index is -3.70. The zero-order valence-corrected chi connectivity index (χ0v) is 12.8. The van der Waals surface area contributed by atoms with Crippen LogP contribution in [0.1, 0.15) is 30.9 Å². The summed E-state index contributed by atoms with van der Waals surface area (Å²) in [6.45, 7) is 2.25. The van der Waals surface area contributed by atoms with E-state index in [0.29, 0.717) is 4.90 Å². The van der Waals surface area contributed by atoms with Crippen molar-refractivity contribution in [1.29, 1.82) is 0 Å². The molecule has 0 aromatic heterocycles. The van der Waals surface area contributed by atoms with Crippen molar-refractivity contribution in [2.45, 2.75) is 31.1 Å². The smallest absolute Gasteiger partial charge is 0.266 e. The minimum absolute atomic E-state index is 0.240. The molecule has 0 spiro atoms. The van der Waals surface area contributed by atoms with E-state index in [2.05, 4.69) is 0 Å². The molecule has 0 bridgehead atoms. The summed E-state index contributed by atoms with van der Waals surface area (Å²) in [5, 5.41) is 0. The summed E-state index contributed by atoms with van der Waals surface area (Å²) in [4.78, 5) is 0.293. The van der Waals surface area contributed by atoms with E-state index in [1.165, 1.54) is 5.56 Å². The zero-order valence-electron chi connectivity index (χ0n) is 12.0. The third kappa shape index (κ3) is 2.61. The predicted octanol–water partition coefficient (Wildman–Crippen LogP) is 3.76. The molecule has 4 heteroatoms. The summed E-state index contributed by atoms with van der Waals surface area (Å²) in [6, 6.07) is 13.4. The van der Waals surface area contributed by atoms with Gasteiger partial charge < -0.3 is 0 Å². The van der Waals surface area contributed by atoms with Gasteiger partial charge in [0.2, 0.25) is 0 Å². The summed E-state index contributed by atoms with van der Waals surface area (Å²) in [5.74, 6) is 0. The highest BCUT2D eigenvalue weighted by atomic mass is 32.2. The second-order valence-corrected chi connectivity index (χ2v) is 6.84. The van der Waals surface area contributed by atoms with E-state index in [4.69, 9.17) is 4.18 Å². The molecule has 0 N–H and O–H groups in total. The van der Waals surface area contributed by atoms with Crippen LogP contribution in [0.25, 0.3) is 11.1 Å². The van der Waals surface area contributed by atoms with E-state index in [-0.39, 0.29) is 6.61 Å². The van der Waals surface area contributed by atoms with Crippen LogP contribution < -0.4 is 0 Å². The lowest BCUT2D eigenvalue weighted by Crippen LogP contribution is -2.09. The standard InChI is InChI=1S/C17H18O3S/c1-2-3-11-20-21(18,19)16-10-6-8-14-12-13-7-4-5-9-15(13)17(14)16/h4-10H,2-3,11-12H2,1H3. The fraction of sp³-hybridized carbons (Fsp3) is 0.294. The van der Waals surface area contributed by atoms with Gasteiger partial charge in [0.1, 0.15) is 4.90 Å². The Kier molecular flexibility index (Phi) is 3.83. The van der Waals surface area contributed by atoms with Gasteiger partial charge in [0, 0.05) is 5.56 Å². The van der Waals surface area contributed by atoms with Crippen LogP contribution in [0.3, 0.4) is 0 Å².